The van der Waals surface area contributed by atoms with E-state index in [0.717, 1.165) is 35.5 Å². The van der Waals surface area contributed by atoms with E-state index < -0.39 is 0 Å². The van der Waals surface area contributed by atoms with Crippen LogP contribution in [0.15, 0.2) is 46.7 Å². The molecular formula is C23H33N11O2. The van der Waals surface area contributed by atoms with Crippen molar-refractivity contribution in [3.8, 4) is 0 Å². The number of fused-ring (bicyclic) bond motifs is 1. The molecule has 36 heavy (non-hydrogen) atoms. The predicted octanol–water partition coefficient (Wildman–Crippen LogP) is -0.619. The SMILES string of the molecule is Cc1c(C2CN3CCN(C(=O)Cc4ccc(N(N)/C=N\N)nc4)CC3CO2)cccc1N(N)/C=N\N. The van der Waals surface area contributed by atoms with Crippen LogP contribution in [0.1, 0.15) is 22.8 Å². The standard InChI is InChI=1S/C23H33N11O2/c1-16-19(3-2-4-20(16)33(26)14-29-24)21-12-31-7-8-32(11-18(31)13-36-21)23(35)9-17-5-6-22(28-10-17)34(27)15-30-25/h2-6,10,14-15,18,21H,7-9,11-13,24-27H2,1H3/b29-14-,30-15-. The highest BCUT2D eigenvalue weighted by atomic mass is 16.5. The van der Waals surface area contributed by atoms with Gasteiger partial charge in [0.2, 0.25) is 5.91 Å². The summed E-state index contributed by atoms with van der Waals surface area (Å²) in [6, 6.07) is 9.63. The lowest BCUT2D eigenvalue weighted by molar-refractivity contribution is -0.139. The number of morpholine rings is 1. The molecule has 8 N–H and O–H groups in total. The van der Waals surface area contributed by atoms with Gasteiger partial charge in [-0.2, -0.15) is 10.2 Å². The van der Waals surface area contributed by atoms with Gasteiger partial charge in [0, 0.05) is 32.4 Å². The zero-order chi connectivity index (χ0) is 25.7. The lowest BCUT2D eigenvalue weighted by Crippen LogP contribution is -2.59. The summed E-state index contributed by atoms with van der Waals surface area (Å²) in [5.74, 6) is 22.7. The number of piperazine rings is 1. The van der Waals surface area contributed by atoms with Gasteiger partial charge in [-0.25, -0.2) is 21.7 Å². The van der Waals surface area contributed by atoms with Crippen molar-refractivity contribution in [2.24, 2.45) is 33.6 Å². The van der Waals surface area contributed by atoms with Crippen LogP contribution in [-0.2, 0) is 16.0 Å². The second kappa shape index (κ2) is 11.3. The average Bonchev–Trinajstić information content (AvgIpc) is 2.89. The largest absolute Gasteiger partial charge is 0.370 e. The number of pyridine rings is 1. The number of ether oxygens (including phenoxy) is 1. The highest BCUT2D eigenvalue weighted by Gasteiger charge is 2.36. The molecule has 0 aliphatic carbocycles. The van der Waals surface area contributed by atoms with Gasteiger partial charge < -0.3 is 21.3 Å². The number of hydrogen-bond donors (Lipinski definition) is 4. The van der Waals surface area contributed by atoms with Gasteiger partial charge in [-0.3, -0.25) is 14.7 Å². The Morgan fingerprint density at radius 3 is 2.64 bits per heavy atom. The first kappa shape index (κ1) is 25.3. The van der Waals surface area contributed by atoms with E-state index >= 15 is 0 Å². The van der Waals surface area contributed by atoms with E-state index in [-0.39, 0.29) is 24.5 Å². The maximum atomic E-state index is 13.0. The molecule has 2 fully saturated rings. The Balaban J connectivity index is 1.34. The number of anilines is 2. The number of amides is 1. The van der Waals surface area contributed by atoms with Crippen LogP contribution in [0.2, 0.25) is 0 Å². The van der Waals surface area contributed by atoms with E-state index in [1.807, 2.05) is 30.0 Å². The third-order valence-electron chi connectivity index (χ3n) is 6.63. The van der Waals surface area contributed by atoms with Gasteiger partial charge in [-0.1, -0.05) is 18.2 Å². The second-order valence-electron chi connectivity index (χ2n) is 8.85. The molecule has 0 saturated carbocycles. The van der Waals surface area contributed by atoms with Gasteiger partial charge in [0.1, 0.15) is 18.5 Å². The van der Waals surface area contributed by atoms with Crippen molar-refractivity contribution in [1.29, 1.82) is 0 Å². The van der Waals surface area contributed by atoms with E-state index in [4.69, 9.17) is 28.1 Å². The number of rotatable bonds is 7. The van der Waals surface area contributed by atoms with Crippen molar-refractivity contribution in [2.75, 3.05) is 42.8 Å². The topological polar surface area (TPSA) is 181 Å². The van der Waals surface area contributed by atoms with Gasteiger partial charge in [0.25, 0.3) is 0 Å². The van der Waals surface area contributed by atoms with Crippen LogP contribution in [0.4, 0.5) is 11.5 Å². The first-order valence-corrected chi connectivity index (χ1v) is 11.6. The molecule has 2 saturated heterocycles. The number of hydrazine groups is 2. The fourth-order valence-corrected chi connectivity index (χ4v) is 4.69. The molecule has 13 heteroatoms. The number of hydrogen-bond acceptors (Lipinski definition) is 10. The Morgan fingerprint density at radius 2 is 1.92 bits per heavy atom. The molecule has 2 aliphatic rings. The molecular weight excluding hydrogens is 462 g/mol. The third kappa shape index (κ3) is 5.54. The first-order valence-electron chi connectivity index (χ1n) is 11.6. The van der Waals surface area contributed by atoms with Crippen molar-refractivity contribution >= 4 is 30.1 Å². The molecule has 13 nitrogen and oxygen atoms in total. The molecule has 0 bridgehead atoms. The maximum absolute atomic E-state index is 13.0. The van der Waals surface area contributed by atoms with E-state index in [1.165, 1.54) is 22.7 Å². The summed E-state index contributed by atoms with van der Waals surface area (Å²) in [5, 5.41) is 9.47. The summed E-state index contributed by atoms with van der Waals surface area (Å²) in [4.78, 5) is 21.5. The number of aromatic nitrogens is 1. The van der Waals surface area contributed by atoms with Crippen LogP contribution in [-0.4, -0.2) is 72.2 Å². The van der Waals surface area contributed by atoms with Crippen molar-refractivity contribution in [3.63, 3.8) is 0 Å². The molecule has 1 amide bonds. The molecule has 2 atom stereocenters. The minimum absolute atomic E-state index is 0.0626. The van der Waals surface area contributed by atoms with Gasteiger partial charge in [0.05, 0.1) is 30.9 Å². The Kier molecular flexibility index (Phi) is 7.95. The Labute approximate surface area is 209 Å². The van der Waals surface area contributed by atoms with Crippen LogP contribution < -0.4 is 33.4 Å². The normalized spacial score (nSPS) is 20.6. The number of carbonyl (C=O) groups is 1. The summed E-state index contributed by atoms with van der Waals surface area (Å²) >= 11 is 0. The fraction of sp³-hybridized carbons (Fsp3) is 0.391. The van der Waals surface area contributed by atoms with Crippen LogP contribution in [0, 0.1) is 6.92 Å². The van der Waals surface area contributed by atoms with E-state index in [0.29, 0.717) is 25.5 Å². The number of nitrogens with two attached hydrogens (primary N) is 4. The van der Waals surface area contributed by atoms with Crippen molar-refractivity contribution < 1.29 is 9.53 Å². The molecule has 2 aliphatic heterocycles. The second-order valence-corrected chi connectivity index (χ2v) is 8.85. The van der Waals surface area contributed by atoms with Crippen molar-refractivity contribution in [1.82, 2.24) is 14.8 Å². The van der Waals surface area contributed by atoms with Crippen LogP contribution in [0.25, 0.3) is 0 Å². The zero-order valence-electron chi connectivity index (χ0n) is 20.3. The minimum Gasteiger partial charge on any atom is -0.370 e. The smallest absolute Gasteiger partial charge is 0.227 e. The van der Waals surface area contributed by atoms with E-state index in [9.17, 15) is 4.79 Å². The molecule has 3 heterocycles. The van der Waals surface area contributed by atoms with E-state index in [1.54, 1.807) is 12.3 Å². The van der Waals surface area contributed by atoms with Crippen LogP contribution in [0.5, 0.6) is 0 Å². The van der Waals surface area contributed by atoms with Gasteiger partial charge in [0.15, 0.2) is 0 Å². The van der Waals surface area contributed by atoms with E-state index in [2.05, 4.69) is 26.2 Å². The van der Waals surface area contributed by atoms with Gasteiger partial charge >= 0.3 is 0 Å². The van der Waals surface area contributed by atoms with Crippen molar-refractivity contribution in [3.05, 3.63) is 53.2 Å². The first-order chi connectivity index (χ1) is 17.4. The lowest BCUT2D eigenvalue weighted by Gasteiger charge is -2.46. The Bertz CT molecular complexity index is 1110. The molecule has 2 unspecified atom stereocenters. The summed E-state index contributed by atoms with van der Waals surface area (Å²) in [7, 11) is 0. The fourth-order valence-electron chi connectivity index (χ4n) is 4.69. The quantitative estimate of drug-likeness (QED) is 0.167. The zero-order valence-corrected chi connectivity index (χ0v) is 20.3. The van der Waals surface area contributed by atoms with Gasteiger partial charge in [-0.05, 0) is 35.7 Å². The summed E-state index contributed by atoms with van der Waals surface area (Å²) in [6.45, 7) is 5.39. The predicted molar refractivity (Wildman–Crippen MR) is 138 cm³/mol. The molecule has 0 radical (unpaired) electrons. The average molecular weight is 496 g/mol. The molecule has 4 rings (SSSR count). The molecule has 0 spiro atoms. The molecule has 2 aromatic rings. The van der Waals surface area contributed by atoms with Crippen molar-refractivity contribution in [2.45, 2.75) is 25.5 Å². The summed E-state index contributed by atoms with van der Waals surface area (Å²) in [6.07, 6.45) is 4.45. The summed E-state index contributed by atoms with van der Waals surface area (Å²) < 4.78 is 6.27. The Morgan fingerprint density at radius 1 is 1.14 bits per heavy atom. The maximum Gasteiger partial charge on any atom is 0.227 e. The minimum atomic E-state index is -0.0808. The van der Waals surface area contributed by atoms with Gasteiger partial charge in [-0.15, -0.1) is 0 Å². The number of nitrogens with zero attached hydrogens (tertiary/aromatic N) is 7. The van der Waals surface area contributed by atoms with Crippen LogP contribution >= 0.6 is 0 Å². The molecule has 1 aromatic heterocycles. The monoisotopic (exact) mass is 495 g/mol. The lowest BCUT2D eigenvalue weighted by atomic mass is 9.98. The highest BCUT2D eigenvalue weighted by molar-refractivity contribution is 5.80. The summed E-state index contributed by atoms with van der Waals surface area (Å²) in [5.41, 5.74) is 3.73. The number of carbonyl (C=O) groups excluding carboxylic acids is 1. The number of hydrazone groups is 2. The molecule has 1 aromatic carbocycles. The third-order valence-corrected chi connectivity index (χ3v) is 6.63. The number of benzene rings is 1. The Hall–Kier alpha value is -3.78. The van der Waals surface area contributed by atoms with Crippen LogP contribution in [0.3, 0.4) is 0 Å². The molecule has 192 valence electrons. The highest BCUT2D eigenvalue weighted by Crippen LogP contribution is 2.32.